The first-order valence-corrected chi connectivity index (χ1v) is 18.0. The van der Waals surface area contributed by atoms with E-state index in [1.165, 1.54) is 60.4 Å². The van der Waals surface area contributed by atoms with Gasteiger partial charge in [-0.3, -0.25) is 0 Å². The smallest absolute Gasteiger partial charge is 0.165 e. The first-order chi connectivity index (χ1) is 24.6. The fraction of sp³-hybridized carbons (Fsp3) is 0.217. The molecule has 1 aromatic heterocycles. The topological polar surface area (TPSA) is 62.5 Å². The van der Waals surface area contributed by atoms with Gasteiger partial charge in [0, 0.05) is 16.7 Å². The van der Waals surface area contributed by atoms with Crippen LogP contribution < -0.4 is 0 Å². The average molecular weight is 645 g/mol. The summed E-state index contributed by atoms with van der Waals surface area (Å²) in [4.78, 5) is 15.3. The zero-order chi connectivity index (χ0) is 33.2. The fourth-order valence-corrected chi connectivity index (χ4v) is 10.2. The molecule has 4 aliphatic carbocycles. The van der Waals surface area contributed by atoms with Gasteiger partial charge in [-0.25, -0.2) is 15.0 Å². The molecule has 4 aliphatic rings. The third-order valence-corrected chi connectivity index (χ3v) is 11.9. The monoisotopic (exact) mass is 644 g/mol. The number of benzene rings is 6. The van der Waals surface area contributed by atoms with E-state index in [0.717, 1.165) is 45.2 Å². The third-order valence-electron chi connectivity index (χ3n) is 11.9. The van der Waals surface area contributed by atoms with Gasteiger partial charge in [-0.05, 0) is 112 Å². The molecule has 4 bridgehead atoms. The molecule has 7 aromatic rings. The summed E-state index contributed by atoms with van der Waals surface area (Å²) in [5, 5.41) is 14.2. The van der Waals surface area contributed by atoms with Crippen molar-refractivity contribution in [3.8, 4) is 51.4 Å². The van der Waals surface area contributed by atoms with Gasteiger partial charge in [-0.15, -0.1) is 0 Å². The second kappa shape index (κ2) is 11.5. The summed E-state index contributed by atoms with van der Waals surface area (Å²) in [6.45, 7) is 0. The van der Waals surface area contributed by atoms with Crippen molar-refractivity contribution in [2.24, 2.45) is 17.8 Å². The minimum absolute atomic E-state index is 0.376. The van der Waals surface area contributed by atoms with Gasteiger partial charge in [-0.1, -0.05) is 115 Å². The molecule has 0 unspecified atom stereocenters. The second-order valence-corrected chi connectivity index (χ2v) is 15.0. The Morgan fingerprint density at radius 3 is 1.56 bits per heavy atom. The maximum Gasteiger partial charge on any atom is 0.165 e. The highest BCUT2D eigenvalue weighted by atomic mass is 15.0. The molecule has 0 spiro atoms. The van der Waals surface area contributed by atoms with Crippen molar-refractivity contribution in [2.75, 3.05) is 0 Å². The Hall–Kier alpha value is -5.66. The summed E-state index contributed by atoms with van der Waals surface area (Å²) < 4.78 is 0. The van der Waals surface area contributed by atoms with Crippen LogP contribution in [0, 0.1) is 29.1 Å². The van der Waals surface area contributed by atoms with Gasteiger partial charge in [0.15, 0.2) is 17.5 Å². The van der Waals surface area contributed by atoms with E-state index in [1.54, 1.807) is 11.6 Å². The molecule has 0 saturated heterocycles. The van der Waals surface area contributed by atoms with Crippen molar-refractivity contribution in [3.05, 3.63) is 139 Å². The lowest BCUT2D eigenvalue weighted by Crippen LogP contribution is -2.48. The molecular weight excluding hydrogens is 609 g/mol. The van der Waals surface area contributed by atoms with E-state index in [-0.39, 0.29) is 0 Å². The molecule has 50 heavy (non-hydrogen) atoms. The van der Waals surface area contributed by atoms with Crippen LogP contribution in [-0.2, 0) is 5.41 Å². The van der Waals surface area contributed by atoms with E-state index in [4.69, 9.17) is 15.0 Å². The highest BCUT2D eigenvalue weighted by Crippen LogP contribution is 2.61. The Morgan fingerprint density at radius 2 is 0.980 bits per heavy atom. The Bertz CT molecular complexity index is 2380. The number of nitriles is 1. The molecule has 4 saturated carbocycles. The molecule has 1 heterocycles. The minimum Gasteiger partial charge on any atom is -0.208 e. The van der Waals surface area contributed by atoms with Crippen LogP contribution in [0.25, 0.3) is 66.8 Å². The quantitative estimate of drug-likeness (QED) is 0.175. The molecule has 240 valence electrons. The summed E-state index contributed by atoms with van der Waals surface area (Å²) in [5.41, 5.74) is 7.68. The molecular formula is C46H36N4. The van der Waals surface area contributed by atoms with E-state index < -0.39 is 0 Å². The highest BCUT2D eigenvalue weighted by molar-refractivity contribution is 6.20. The molecule has 11 rings (SSSR count). The number of fused-ring (bicyclic) bond motifs is 2. The van der Waals surface area contributed by atoms with Gasteiger partial charge in [0.05, 0.1) is 11.6 Å². The number of nitrogens with zero attached hydrogens (tertiary/aromatic N) is 4. The van der Waals surface area contributed by atoms with E-state index >= 15 is 0 Å². The van der Waals surface area contributed by atoms with Crippen LogP contribution in [0.2, 0.25) is 0 Å². The van der Waals surface area contributed by atoms with Crippen molar-refractivity contribution < 1.29 is 0 Å². The zero-order valence-corrected chi connectivity index (χ0v) is 27.9. The van der Waals surface area contributed by atoms with Gasteiger partial charge in [0.2, 0.25) is 0 Å². The lowest BCUT2D eigenvalue weighted by molar-refractivity contribution is -0.00518. The van der Waals surface area contributed by atoms with E-state index in [2.05, 4.69) is 78.9 Å². The van der Waals surface area contributed by atoms with Crippen molar-refractivity contribution in [2.45, 2.75) is 43.9 Å². The van der Waals surface area contributed by atoms with Gasteiger partial charge in [0.25, 0.3) is 0 Å². The maximum absolute atomic E-state index is 9.66. The number of hydrogen-bond acceptors (Lipinski definition) is 4. The van der Waals surface area contributed by atoms with E-state index in [9.17, 15) is 5.26 Å². The van der Waals surface area contributed by atoms with Crippen molar-refractivity contribution in [1.29, 1.82) is 5.26 Å². The Labute approximate surface area is 292 Å². The van der Waals surface area contributed by atoms with Crippen molar-refractivity contribution in [1.82, 2.24) is 15.0 Å². The van der Waals surface area contributed by atoms with Gasteiger partial charge < -0.3 is 0 Å². The number of aromatic nitrogens is 3. The SMILES string of the molecule is N#Cc1cccc(-c2nc(-c3ccccc3)nc(-c3c4ccccc4c(-c4ccc(C56C[C@H]7C[C@@H](C5)C[C@@H](C6)C7)cc4)c4ccccc34)n2)c1. The van der Waals surface area contributed by atoms with Crippen LogP contribution in [0.3, 0.4) is 0 Å². The fourth-order valence-electron chi connectivity index (χ4n) is 10.2. The molecule has 0 aliphatic heterocycles. The maximum atomic E-state index is 9.66. The lowest BCUT2D eigenvalue weighted by atomic mass is 9.48. The Morgan fingerprint density at radius 1 is 0.480 bits per heavy atom. The molecule has 0 N–H and O–H groups in total. The largest absolute Gasteiger partial charge is 0.208 e. The van der Waals surface area contributed by atoms with Crippen LogP contribution in [0.5, 0.6) is 0 Å². The molecule has 0 radical (unpaired) electrons. The first-order valence-electron chi connectivity index (χ1n) is 18.0. The van der Waals surface area contributed by atoms with Gasteiger partial charge in [-0.2, -0.15) is 5.26 Å². The van der Waals surface area contributed by atoms with Crippen LogP contribution in [-0.4, -0.2) is 15.0 Å². The van der Waals surface area contributed by atoms with E-state index in [1.807, 2.05) is 48.5 Å². The summed E-state index contributed by atoms with van der Waals surface area (Å²) in [6.07, 6.45) is 8.51. The standard InChI is InChI=1S/C46H36N4/c47-28-29-9-8-12-35(24-29)44-48-43(34-10-2-1-3-11-34)49-45(50-44)42-39-15-6-4-13-37(39)41(38-14-5-7-16-40(38)42)33-17-19-36(20-18-33)46-25-30-21-31(26-46)23-32(22-30)27-46/h1-20,24,30-32H,21-23,25-27H2/t30-,31+,32-,46?. The number of rotatable bonds is 5. The molecule has 4 nitrogen and oxygen atoms in total. The van der Waals surface area contributed by atoms with Gasteiger partial charge >= 0.3 is 0 Å². The Kier molecular flexibility index (Phi) is 6.71. The molecule has 0 amide bonds. The molecule has 0 atom stereocenters. The number of hydrogen-bond donors (Lipinski definition) is 0. The van der Waals surface area contributed by atoms with Crippen molar-refractivity contribution >= 4 is 21.5 Å². The summed E-state index contributed by atoms with van der Waals surface area (Å²) in [5.74, 6) is 4.54. The second-order valence-electron chi connectivity index (χ2n) is 15.0. The van der Waals surface area contributed by atoms with E-state index in [0.29, 0.717) is 28.5 Å². The molecule has 6 aromatic carbocycles. The lowest BCUT2D eigenvalue weighted by Gasteiger charge is -2.57. The first kappa shape index (κ1) is 29.3. The Balaban J connectivity index is 1.17. The summed E-state index contributed by atoms with van der Waals surface area (Å²) in [7, 11) is 0. The van der Waals surface area contributed by atoms with Gasteiger partial charge in [0.1, 0.15) is 0 Å². The highest BCUT2D eigenvalue weighted by Gasteiger charge is 2.51. The van der Waals surface area contributed by atoms with Crippen LogP contribution in [0.15, 0.2) is 127 Å². The molecule has 4 fully saturated rings. The molecule has 4 heteroatoms. The van der Waals surface area contributed by atoms with Crippen molar-refractivity contribution in [3.63, 3.8) is 0 Å². The predicted octanol–water partition coefficient (Wildman–Crippen LogP) is 11.2. The summed E-state index contributed by atoms with van der Waals surface area (Å²) >= 11 is 0. The normalized spacial score (nSPS) is 22.2. The minimum atomic E-state index is 0.376. The van der Waals surface area contributed by atoms with Crippen LogP contribution >= 0.6 is 0 Å². The third kappa shape index (κ3) is 4.76. The van der Waals surface area contributed by atoms with Crippen LogP contribution in [0.4, 0.5) is 0 Å². The summed E-state index contributed by atoms with van der Waals surface area (Å²) in [6, 6.07) is 46.9. The predicted molar refractivity (Wildman–Crippen MR) is 201 cm³/mol. The average Bonchev–Trinajstić information content (AvgIpc) is 3.16. The zero-order valence-electron chi connectivity index (χ0n) is 27.9. The van der Waals surface area contributed by atoms with Crippen LogP contribution in [0.1, 0.15) is 49.7 Å².